The molecule has 0 spiro atoms. The van der Waals surface area contributed by atoms with Gasteiger partial charge in [-0.15, -0.1) is 0 Å². The molecule has 1 aromatic carbocycles. The number of anilines is 2. The van der Waals surface area contributed by atoms with E-state index in [0.29, 0.717) is 11.4 Å². The minimum atomic E-state index is -0.948. The molecule has 19 heavy (non-hydrogen) atoms. The van der Waals surface area contributed by atoms with Crippen molar-refractivity contribution in [1.82, 2.24) is 4.90 Å². The summed E-state index contributed by atoms with van der Waals surface area (Å²) in [7, 11) is 0. The third-order valence-corrected chi connectivity index (χ3v) is 3.15. The molecule has 4 N–H and O–H groups in total. The van der Waals surface area contributed by atoms with E-state index in [1.165, 1.54) is 6.07 Å². The molecule has 2 rings (SSSR count). The van der Waals surface area contributed by atoms with Gasteiger partial charge in [-0.25, -0.2) is 4.79 Å². The van der Waals surface area contributed by atoms with E-state index < -0.39 is 5.97 Å². The molecule has 0 bridgehead atoms. The van der Waals surface area contributed by atoms with Crippen molar-refractivity contribution in [3.05, 3.63) is 23.8 Å². The number of morpholine rings is 1. The van der Waals surface area contributed by atoms with Crippen LogP contribution in [0.25, 0.3) is 0 Å². The van der Waals surface area contributed by atoms with Crippen LogP contribution in [0.5, 0.6) is 0 Å². The third kappa shape index (κ3) is 3.84. The highest BCUT2D eigenvalue weighted by molar-refractivity contribution is 5.90. The highest BCUT2D eigenvalue weighted by atomic mass is 16.5. The molecule has 0 aliphatic carbocycles. The predicted molar refractivity (Wildman–Crippen MR) is 73.6 cm³/mol. The third-order valence-electron chi connectivity index (χ3n) is 3.15. The molecule has 1 heterocycles. The molecule has 1 fully saturated rings. The number of carboxylic acids is 1. The van der Waals surface area contributed by atoms with Gasteiger partial charge in [0.25, 0.3) is 0 Å². The van der Waals surface area contributed by atoms with Crippen LogP contribution in [0.4, 0.5) is 11.4 Å². The Kier molecular flexibility index (Phi) is 4.59. The first-order valence-corrected chi connectivity index (χ1v) is 6.33. The van der Waals surface area contributed by atoms with Crippen molar-refractivity contribution in [2.75, 3.05) is 50.4 Å². The second-order valence-electron chi connectivity index (χ2n) is 4.49. The molecule has 104 valence electrons. The molecule has 1 aliphatic rings. The highest BCUT2D eigenvalue weighted by Crippen LogP contribution is 2.19. The van der Waals surface area contributed by atoms with Crippen LogP contribution in [0.1, 0.15) is 10.4 Å². The van der Waals surface area contributed by atoms with Crippen LogP contribution in [0.3, 0.4) is 0 Å². The summed E-state index contributed by atoms with van der Waals surface area (Å²) in [6.07, 6.45) is 0. The van der Waals surface area contributed by atoms with E-state index in [4.69, 9.17) is 15.6 Å². The molecular formula is C13H19N3O3. The molecule has 0 aromatic heterocycles. The molecule has 0 saturated carbocycles. The number of hydrogen-bond acceptors (Lipinski definition) is 5. The lowest BCUT2D eigenvalue weighted by Crippen LogP contribution is -2.39. The van der Waals surface area contributed by atoms with Crippen molar-refractivity contribution in [3.8, 4) is 0 Å². The Morgan fingerprint density at radius 3 is 2.84 bits per heavy atom. The molecule has 1 aliphatic heterocycles. The van der Waals surface area contributed by atoms with Gasteiger partial charge in [0.1, 0.15) is 0 Å². The number of nitrogens with zero attached hydrogens (tertiary/aromatic N) is 1. The maximum absolute atomic E-state index is 10.9. The summed E-state index contributed by atoms with van der Waals surface area (Å²) in [6, 6.07) is 4.68. The molecule has 0 amide bonds. The lowest BCUT2D eigenvalue weighted by molar-refractivity contribution is 0.0398. The zero-order valence-corrected chi connectivity index (χ0v) is 10.8. The standard InChI is InChI=1S/C13H19N3O3/c14-11-2-1-10(13(17)18)9-12(11)15-3-4-16-5-7-19-8-6-16/h1-2,9,15H,3-8,14H2,(H,17,18). The molecule has 1 aromatic rings. The molecule has 1 saturated heterocycles. The number of carboxylic acid groups (broad SMARTS) is 1. The van der Waals surface area contributed by atoms with Crippen LogP contribution in [0, 0.1) is 0 Å². The van der Waals surface area contributed by atoms with E-state index >= 15 is 0 Å². The molecule has 0 unspecified atom stereocenters. The number of hydrogen-bond donors (Lipinski definition) is 3. The van der Waals surface area contributed by atoms with Crippen molar-refractivity contribution in [3.63, 3.8) is 0 Å². The number of benzene rings is 1. The monoisotopic (exact) mass is 265 g/mol. The first kappa shape index (κ1) is 13.6. The van der Waals surface area contributed by atoms with E-state index in [0.717, 1.165) is 39.4 Å². The SMILES string of the molecule is Nc1ccc(C(=O)O)cc1NCCN1CCOCC1. The summed E-state index contributed by atoms with van der Waals surface area (Å²) >= 11 is 0. The number of rotatable bonds is 5. The Morgan fingerprint density at radius 2 is 2.16 bits per heavy atom. The van der Waals surface area contributed by atoms with E-state index in [9.17, 15) is 4.79 Å². The normalized spacial score (nSPS) is 16.2. The first-order valence-electron chi connectivity index (χ1n) is 6.33. The number of carbonyl (C=O) groups is 1. The summed E-state index contributed by atoms with van der Waals surface area (Å²) in [6.45, 7) is 5.04. The average Bonchev–Trinajstić information content (AvgIpc) is 2.42. The Balaban J connectivity index is 1.87. The van der Waals surface area contributed by atoms with E-state index in [2.05, 4.69) is 10.2 Å². The van der Waals surface area contributed by atoms with Crippen LogP contribution in [-0.4, -0.2) is 55.4 Å². The lowest BCUT2D eigenvalue weighted by atomic mass is 10.1. The minimum Gasteiger partial charge on any atom is -0.478 e. The summed E-state index contributed by atoms with van der Waals surface area (Å²) in [5, 5.41) is 12.1. The zero-order chi connectivity index (χ0) is 13.7. The van der Waals surface area contributed by atoms with Crippen LogP contribution >= 0.6 is 0 Å². The maximum Gasteiger partial charge on any atom is 0.335 e. The number of ether oxygens (including phenoxy) is 1. The summed E-state index contributed by atoms with van der Waals surface area (Å²) in [5.74, 6) is -0.948. The fourth-order valence-corrected chi connectivity index (χ4v) is 2.02. The largest absolute Gasteiger partial charge is 0.478 e. The van der Waals surface area contributed by atoms with Gasteiger partial charge < -0.3 is 20.9 Å². The second-order valence-corrected chi connectivity index (χ2v) is 4.49. The number of nitrogens with one attached hydrogen (secondary N) is 1. The van der Waals surface area contributed by atoms with Crippen LogP contribution < -0.4 is 11.1 Å². The molecule has 0 atom stereocenters. The van der Waals surface area contributed by atoms with Crippen LogP contribution in [-0.2, 0) is 4.74 Å². The van der Waals surface area contributed by atoms with Gasteiger partial charge in [0, 0.05) is 26.2 Å². The predicted octanol–water partition coefficient (Wildman–Crippen LogP) is 0.711. The van der Waals surface area contributed by atoms with E-state index in [-0.39, 0.29) is 5.56 Å². The van der Waals surface area contributed by atoms with Gasteiger partial charge in [-0.3, -0.25) is 4.90 Å². The van der Waals surface area contributed by atoms with Crippen LogP contribution in [0.15, 0.2) is 18.2 Å². The Hall–Kier alpha value is -1.79. The van der Waals surface area contributed by atoms with Crippen molar-refractivity contribution in [1.29, 1.82) is 0 Å². The molecule has 6 nitrogen and oxygen atoms in total. The van der Waals surface area contributed by atoms with Crippen molar-refractivity contribution < 1.29 is 14.6 Å². The molecular weight excluding hydrogens is 246 g/mol. The topological polar surface area (TPSA) is 87.8 Å². The number of nitrogen functional groups attached to an aromatic ring is 1. The minimum absolute atomic E-state index is 0.239. The summed E-state index contributed by atoms with van der Waals surface area (Å²) < 4.78 is 5.28. The van der Waals surface area contributed by atoms with Crippen molar-refractivity contribution in [2.45, 2.75) is 0 Å². The first-order chi connectivity index (χ1) is 9.16. The van der Waals surface area contributed by atoms with Gasteiger partial charge in [-0.1, -0.05) is 0 Å². The Labute approximate surface area is 112 Å². The Morgan fingerprint density at radius 1 is 1.42 bits per heavy atom. The molecule has 6 heteroatoms. The molecule has 0 radical (unpaired) electrons. The summed E-state index contributed by atoms with van der Waals surface area (Å²) in [5.41, 5.74) is 7.29. The van der Waals surface area contributed by atoms with Gasteiger partial charge >= 0.3 is 5.97 Å². The summed E-state index contributed by atoms with van der Waals surface area (Å²) in [4.78, 5) is 13.2. The smallest absolute Gasteiger partial charge is 0.335 e. The zero-order valence-electron chi connectivity index (χ0n) is 10.8. The fourth-order valence-electron chi connectivity index (χ4n) is 2.02. The van der Waals surface area contributed by atoms with Crippen molar-refractivity contribution in [2.24, 2.45) is 0 Å². The number of nitrogens with two attached hydrogens (primary N) is 1. The number of aromatic carboxylic acids is 1. The van der Waals surface area contributed by atoms with Gasteiger partial charge in [0.05, 0.1) is 30.2 Å². The van der Waals surface area contributed by atoms with Crippen molar-refractivity contribution >= 4 is 17.3 Å². The van der Waals surface area contributed by atoms with Gasteiger partial charge in [-0.05, 0) is 18.2 Å². The Bertz CT molecular complexity index is 445. The maximum atomic E-state index is 10.9. The fraction of sp³-hybridized carbons (Fsp3) is 0.462. The average molecular weight is 265 g/mol. The van der Waals surface area contributed by atoms with Gasteiger partial charge in [-0.2, -0.15) is 0 Å². The lowest BCUT2D eigenvalue weighted by Gasteiger charge is -2.26. The van der Waals surface area contributed by atoms with Gasteiger partial charge in [0.15, 0.2) is 0 Å². The quantitative estimate of drug-likeness (QED) is 0.680. The van der Waals surface area contributed by atoms with Crippen LogP contribution in [0.2, 0.25) is 0 Å². The van der Waals surface area contributed by atoms with E-state index in [1.54, 1.807) is 12.1 Å². The van der Waals surface area contributed by atoms with Gasteiger partial charge in [0.2, 0.25) is 0 Å². The van der Waals surface area contributed by atoms with E-state index in [1.807, 2.05) is 0 Å². The highest BCUT2D eigenvalue weighted by Gasteiger charge is 2.10. The second kappa shape index (κ2) is 6.40.